The van der Waals surface area contributed by atoms with Gasteiger partial charge < -0.3 is 5.21 Å². The van der Waals surface area contributed by atoms with E-state index in [2.05, 4.69) is 10.2 Å². The minimum Gasteiger partial charge on any atom is -0.594 e. The van der Waals surface area contributed by atoms with E-state index in [1.807, 2.05) is 6.92 Å². The Kier molecular flexibility index (Phi) is 1.94. The van der Waals surface area contributed by atoms with Crippen LogP contribution >= 0.6 is 0 Å². The molecule has 3 aromatic rings. The molecule has 0 fully saturated rings. The van der Waals surface area contributed by atoms with Gasteiger partial charge in [-0.05, 0) is 23.4 Å². The Labute approximate surface area is 99.8 Å². The first-order chi connectivity index (χ1) is 8.58. The number of rotatable bonds is 1. The minimum atomic E-state index is -0.616. The third kappa shape index (κ3) is 1.29. The molecule has 0 atom stereocenters. The van der Waals surface area contributed by atoms with Crippen molar-refractivity contribution in [3.8, 4) is 0 Å². The van der Waals surface area contributed by atoms with Crippen LogP contribution in [0.25, 0.3) is 16.7 Å². The third-order valence-electron chi connectivity index (χ3n) is 2.67. The highest BCUT2D eigenvalue weighted by atomic mass is 16.6. The molecule has 0 amide bonds. The molecule has 8 nitrogen and oxygen atoms in total. The molecule has 18 heavy (non-hydrogen) atoms. The molecule has 3 rings (SSSR count). The van der Waals surface area contributed by atoms with Gasteiger partial charge in [0.2, 0.25) is 0 Å². The largest absolute Gasteiger partial charge is 0.594 e. The van der Waals surface area contributed by atoms with Gasteiger partial charge in [-0.2, -0.15) is 9.61 Å². The summed E-state index contributed by atoms with van der Waals surface area (Å²) in [5, 5.41) is 30.1. The van der Waals surface area contributed by atoms with Crippen LogP contribution in [0.5, 0.6) is 0 Å². The van der Waals surface area contributed by atoms with Crippen molar-refractivity contribution in [2.75, 3.05) is 0 Å². The Morgan fingerprint density at radius 2 is 2.22 bits per heavy atom. The maximum absolute atomic E-state index is 11.8. The van der Waals surface area contributed by atoms with Crippen molar-refractivity contribution in [1.29, 1.82) is 0 Å². The van der Waals surface area contributed by atoms with E-state index in [-0.39, 0.29) is 11.3 Å². The van der Waals surface area contributed by atoms with E-state index in [4.69, 9.17) is 0 Å². The number of benzene rings is 1. The van der Waals surface area contributed by atoms with Crippen LogP contribution in [0.15, 0.2) is 24.4 Å². The predicted octanol–water partition coefficient (Wildman–Crippen LogP) is 0.733. The number of hydrogen-bond acceptors (Lipinski definition) is 5. The first-order valence-corrected chi connectivity index (χ1v) is 5.10. The number of aryl methyl sites for hydroxylation is 1. The fourth-order valence-corrected chi connectivity index (χ4v) is 1.84. The van der Waals surface area contributed by atoms with Crippen LogP contribution in [0.3, 0.4) is 0 Å². The summed E-state index contributed by atoms with van der Waals surface area (Å²) in [5.74, 6) is 0. The van der Waals surface area contributed by atoms with E-state index in [0.29, 0.717) is 15.9 Å². The zero-order valence-corrected chi connectivity index (χ0v) is 9.27. The van der Waals surface area contributed by atoms with E-state index >= 15 is 0 Å². The number of fused-ring (bicyclic) bond motifs is 3. The summed E-state index contributed by atoms with van der Waals surface area (Å²) in [7, 11) is 0. The van der Waals surface area contributed by atoms with Crippen molar-refractivity contribution in [3.63, 3.8) is 0 Å². The van der Waals surface area contributed by atoms with Crippen molar-refractivity contribution >= 4 is 22.4 Å². The molecule has 0 saturated heterocycles. The van der Waals surface area contributed by atoms with Gasteiger partial charge in [0.1, 0.15) is 11.7 Å². The predicted molar refractivity (Wildman–Crippen MR) is 60.8 cm³/mol. The average Bonchev–Trinajstić information content (AvgIpc) is 2.73. The zero-order chi connectivity index (χ0) is 12.9. The van der Waals surface area contributed by atoms with Gasteiger partial charge in [-0.1, -0.05) is 6.07 Å². The summed E-state index contributed by atoms with van der Waals surface area (Å²) in [6, 6.07) is 5.14. The first kappa shape index (κ1) is 10.4. The van der Waals surface area contributed by atoms with Crippen LogP contribution in [0.1, 0.15) is 5.56 Å². The standard InChI is InChI=1S/C10H7N5O3/c1-6-2-3-7-8(4-6)14(16)12-10-9(15(17)18)5-11-13(7)10/h2-5H,1H3. The van der Waals surface area contributed by atoms with Crippen molar-refractivity contribution in [1.82, 2.24) is 14.7 Å². The molecule has 8 heteroatoms. The van der Waals surface area contributed by atoms with Crippen LogP contribution in [-0.2, 0) is 0 Å². The van der Waals surface area contributed by atoms with Gasteiger partial charge in [0.25, 0.3) is 5.52 Å². The SMILES string of the molecule is Cc1ccc2c(c1)[n+]([O-])nc1c([N+](=O)[O-])cnn12. The quantitative estimate of drug-likeness (QED) is 0.272. The molecule has 0 aliphatic carbocycles. The molecule has 0 saturated carbocycles. The lowest BCUT2D eigenvalue weighted by Gasteiger charge is -2.01. The van der Waals surface area contributed by atoms with Crippen molar-refractivity contribution in [2.24, 2.45) is 0 Å². The van der Waals surface area contributed by atoms with E-state index in [1.54, 1.807) is 18.2 Å². The highest BCUT2D eigenvalue weighted by Crippen LogP contribution is 2.19. The van der Waals surface area contributed by atoms with Gasteiger partial charge in [-0.3, -0.25) is 10.1 Å². The number of nitro groups is 1. The van der Waals surface area contributed by atoms with E-state index < -0.39 is 4.92 Å². The average molecular weight is 245 g/mol. The highest BCUT2D eigenvalue weighted by Gasteiger charge is 2.22. The molecule has 2 aromatic heterocycles. The van der Waals surface area contributed by atoms with Crippen LogP contribution in [-0.4, -0.2) is 19.6 Å². The van der Waals surface area contributed by atoms with Crippen molar-refractivity contribution < 1.29 is 9.77 Å². The number of nitrogens with zero attached hydrogens (tertiary/aromatic N) is 5. The summed E-state index contributed by atoms with van der Waals surface area (Å²) in [4.78, 5) is 10.5. The minimum absolute atomic E-state index is 0.0636. The smallest absolute Gasteiger partial charge is 0.339 e. The second kappa shape index (κ2) is 3.36. The van der Waals surface area contributed by atoms with Gasteiger partial charge in [0.05, 0.1) is 4.92 Å². The fourth-order valence-electron chi connectivity index (χ4n) is 1.84. The van der Waals surface area contributed by atoms with Gasteiger partial charge >= 0.3 is 11.3 Å². The molecule has 1 aromatic carbocycles. The molecule has 0 aliphatic heterocycles. The Balaban J connectivity index is 2.52. The second-order valence-corrected chi connectivity index (χ2v) is 3.89. The van der Waals surface area contributed by atoms with E-state index in [0.717, 1.165) is 11.8 Å². The summed E-state index contributed by atoms with van der Waals surface area (Å²) < 4.78 is 1.29. The Hall–Kier alpha value is -2.77. The van der Waals surface area contributed by atoms with Crippen molar-refractivity contribution in [3.05, 3.63) is 45.3 Å². The third-order valence-corrected chi connectivity index (χ3v) is 2.67. The molecule has 0 aliphatic rings. The molecule has 0 N–H and O–H groups in total. The van der Waals surface area contributed by atoms with Crippen LogP contribution in [0.2, 0.25) is 0 Å². The molecule has 90 valence electrons. The maximum Gasteiger partial charge on any atom is 0.339 e. The van der Waals surface area contributed by atoms with E-state index in [1.165, 1.54) is 4.52 Å². The number of hydrogen-bond donors (Lipinski definition) is 0. The molecule has 0 bridgehead atoms. The van der Waals surface area contributed by atoms with Gasteiger partial charge in [0, 0.05) is 11.2 Å². The summed E-state index contributed by atoms with van der Waals surface area (Å²) in [6.45, 7) is 1.84. The number of aromatic nitrogens is 4. The Morgan fingerprint density at radius 3 is 2.94 bits per heavy atom. The highest BCUT2D eigenvalue weighted by molar-refractivity contribution is 5.76. The normalized spacial score (nSPS) is 11.2. The van der Waals surface area contributed by atoms with Crippen LogP contribution < -0.4 is 4.85 Å². The van der Waals surface area contributed by atoms with Gasteiger partial charge in [-0.25, -0.2) is 0 Å². The zero-order valence-electron chi connectivity index (χ0n) is 9.27. The lowest BCUT2D eigenvalue weighted by atomic mass is 10.2. The van der Waals surface area contributed by atoms with Crippen LogP contribution in [0, 0.1) is 22.2 Å². The molecule has 2 heterocycles. The molecular weight excluding hydrogens is 238 g/mol. The molecular formula is C10H7N5O3. The maximum atomic E-state index is 11.8. The molecule has 0 spiro atoms. The van der Waals surface area contributed by atoms with E-state index in [9.17, 15) is 15.3 Å². The first-order valence-electron chi connectivity index (χ1n) is 5.10. The lowest BCUT2D eigenvalue weighted by molar-refractivity contribution is -0.640. The lowest BCUT2D eigenvalue weighted by Crippen LogP contribution is -2.33. The Morgan fingerprint density at radius 1 is 1.44 bits per heavy atom. The molecule has 0 unspecified atom stereocenters. The van der Waals surface area contributed by atoms with Crippen LogP contribution in [0.4, 0.5) is 5.69 Å². The fraction of sp³-hybridized carbons (Fsp3) is 0.100. The summed E-state index contributed by atoms with van der Waals surface area (Å²) in [6.07, 6.45) is 1.08. The topological polar surface area (TPSA) is 100 Å². The Bertz CT molecular complexity index is 795. The van der Waals surface area contributed by atoms with Gasteiger partial charge in [0.15, 0.2) is 0 Å². The monoisotopic (exact) mass is 245 g/mol. The summed E-state index contributed by atoms with van der Waals surface area (Å²) in [5.41, 5.74) is 1.34. The van der Waals surface area contributed by atoms with Crippen molar-refractivity contribution in [2.45, 2.75) is 6.92 Å². The van der Waals surface area contributed by atoms with Gasteiger partial charge in [-0.15, -0.1) is 0 Å². The second-order valence-electron chi connectivity index (χ2n) is 3.89. The summed E-state index contributed by atoms with van der Waals surface area (Å²) >= 11 is 0. The molecule has 0 radical (unpaired) electrons.